The van der Waals surface area contributed by atoms with Gasteiger partial charge in [-0.05, 0) is 18.8 Å². The van der Waals surface area contributed by atoms with E-state index in [0.717, 1.165) is 11.6 Å². The number of nitrogens with one attached hydrogen (secondary N) is 1. The van der Waals surface area contributed by atoms with Gasteiger partial charge >= 0.3 is 0 Å². The summed E-state index contributed by atoms with van der Waals surface area (Å²) in [5, 5.41) is 3.49. The average Bonchev–Trinajstić information content (AvgIpc) is 2.91. The third kappa shape index (κ3) is 4.24. The topological polar surface area (TPSA) is 73.1 Å². The lowest BCUT2D eigenvalue weighted by molar-refractivity contribution is 0.260. The summed E-state index contributed by atoms with van der Waals surface area (Å²) in [6, 6.07) is 0.461. The lowest BCUT2D eigenvalue weighted by Crippen LogP contribution is -2.23. The molecule has 1 aliphatic carbocycles. The second-order valence-corrected chi connectivity index (χ2v) is 7.70. The third-order valence-electron chi connectivity index (χ3n) is 3.83. The smallest absolute Gasteiger partial charge is 0.242 e. The van der Waals surface area contributed by atoms with Crippen LogP contribution in [-0.2, 0) is 5.41 Å². The van der Waals surface area contributed by atoms with E-state index in [4.69, 9.17) is 10.5 Å². The van der Waals surface area contributed by atoms with Crippen molar-refractivity contribution in [2.24, 2.45) is 5.92 Å². The highest BCUT2D eigenvalue weighted by molar-refractivity contribution is 5.67. The quantitative estimate of drug-likeness (QED) is 0.867. The van der Waals surface area contributed by atoms with Crippen molar-refractivity contribution < 1.29 is 4.74 Å². The fraction of sp³-hybridized carbons (Fsp3) is 0.765. The SMILES string of the molecule is CC(C)COc1nc(C(C)(C)C)nc(NC2CCCC2)c1N. The zero-order valence-electron chi connectivity index (χ0n) is 14.6. The van der Waals surface area contributed by atoms with Gasteiger partial charge in [0.2, 0.25) is 5.88 Å². The van der Waals surface area contributed by atoms with Crippen LogP contribution in [0.5, 0.6) is 5.88 Å². The lowest BCUT2D eigenvalue weighted by atomic mass is 9.95. The molecule has 0 unspecified atom stereocenters. The predicted molar refractivity (Wildman–Crippen MR) is 91.4 cm³/mol. The number of nitrogen functional groups attached to an aromatic ring is 1. The van der Waals surface area contributed by atoms with Crippen LogP contribution in [0.15, 0.2) is 0 Å². The van der Waals surface area contributed by atoms with Gasteiger partial charge in [0, 0.05) is 11.5 Å². The van der Waals surface area contributed by atoms with Crippen molar-refractivity contribution in [3.63, 3.8) is 0 Å². The molecule has 5 heteroatoms. The van der Waals surface area contributed by atoms with Gasteiger partial charge in [-0.15, -0.1) is 0 Å². The summed E-state index contributed by atoms with van der Waals surface area (Å²) in [6.07, 6.45) is 4.89. The van der Waals surface area contributed by atoms with Crippen LogP contribution in [0.1, 0.15) is 66.1 Å². The van der Waals surface area contributed by atoms with E-state index < -0.39 is 0 Å². The summed E-state index contributed by atoms with van der Waals surface area (Å²) in [5.74, 6) is 2.43. The van der Waals surface area contributed by atoms with Gasteiger partial charge in [0.15, 0.2) is 5.82 Å². The first-order valence-electron chi connectivity index (χ1n) is 8.34. The fourth-order valence-electron chi connectivity index (χ4n) is 2.51. The number of nitrogens with two attached hydrogens (primary N) is 1. The van der Waals surface area contributed by atoms with Gasteiger partial charge in [-0.2, -0.15) is 4.98 Å². The van der Waals surface area contributed by atoms with Crippen LogP contribution in [-0.4, -0.2) is 22.6 Å². The van der Waals surface area contributed by atoms with Crippen LogP contribution < -0.4 is 15.8 Å². The summed E-state index contributed by atoms with van der Waals surface area (Å²) in [4.78, 5) is 9.22. The normalized spacial score (nSPS) is 16.3. The highest BCUT2D eigenvalue weighted by Crippen LogP contribution is 2.32. The standard InChI is InChI=1S/C17H30N4O/c1-11(2)10-22-15-13(18)14(19-12-8-6-7-9-12)20-16(21-15)17(3,4)5/h11-12H,6-10,18H2,1-5H3,(H,19,20,21). The Morgan fingerprint density at radius 2 is 1.86 bits per heavy atom. The zero-order chi connectivity index (χ0) is 16.3. The molecule has 124 valence electrons. The van der Waals surface area contributed by atoms with E-state index in [1.54, 1.807) is 0 Å². The van der Waals surface area contributed by atoms with Crippen LogP contribution in [0.25, 0.3) is 0 Å². The molecule has 22 heavy (non-hydrogen) atoms. The molecule has 0 amide bonds. The summed E-state index contributed by atoms with van der Waals surface area (Å²) in [7, 11) is 0. The molecular formula is C17H30N4O. The molecule has 0 aliphatic heterocycles. The zero-order valence-corrected chi connectivity index (χ0v) is 14.6. The van der Waals surface area contributed by atoms with Gasteiger partial charge in [0.25, 0.3) is 0 Å². The minimum Gasteiger partial charge on any atom is -0.476 e. The van der Waals surface area contributed by atoms with Crippen molar-refractivity contribution >= 4 is 11.5 Å². The van der Waals surface area contributed by atoms with Gasteiger partial charge < -0.3 is 15.8 Å². The Labute approximate surface area is 134 Å². The maximum Gasteiger partial charge on any atom is 0.242 e. The Morgan fingerprint density at radius 3 is 2.41 bits per heavy atom. The molecule has 0 spiro atoms. The first kappa shape index (κ1) is 16.8. The molecule has 0 saturated heterocycles. The summed E-state index contributed by atoms with van der Waals surface area (Å²) in [5.41, 5.74) is 6.63. The Balaban J connectivity index is 2.30. The minimum atomic E-state index is -0.143. The van der Waals surface area contributed by atoms with Gasteiger partial charge in [-0.25, -0.2) is 4.98 Å². The number of hydrogen-bond donors (Lipinski definition) is 2. The predicted octanol–water partition coefficient (Wildman–Crippen LogP) is 3.75. The molecule has 1 fully saturated rings. The maximum absolute atomic E-state index is 6.25. The van der Waals surface area contributed by atoms with Crippen molar-refractivity contribution in [3.8, 4) is 5.88 Å². The van der Waals surface area contributed by atoms with Crippen molar-refractivity contribution in [2.75, 3.05) is 17.7 Å². The highest BCUT2D eigenvalue weighted by atomic mass is 16.5. The number of rotatable bonds is 5. The van der Waals surface area contributed by atoms with E-state index in [0.29, 0.717) is 30.1 Å². The fourth-order valence-corrected chi connectivity index (χ4v) is 2.51. The number of aromatic nitrogens is 2. The van der Waals surface area contributed by atoms with Crippen LogP contribution in [0.4, 0.5) is 11.5 Å². The summed E-state index contributed by atoms with van der Waals surface area (Å²) >= 11 is 0. The maximum atomic E-state index is 6.25. The molecule has 5 nitrogen and oxygen atoms in total. The van der Waals surface area contributed by atoms with E-state index in [9.17, 15) is 0 Å². The Kier molecular flexibility index (Phi) is 5.14. The van der Waals surface area contributed by atoms with E-state index >= 15 is 0 Å². The summed E-state index contributed by atoms with van der Waals surface area (Å²) in [6.45, 7) is 11.1. The number of ether oxygens (including phenoxy) is 1. The van der Waals surface area contributed by atoms with Gasteiger partial charge in [-0.1, -0.05) is 47.5 Å². The van der Waals surface area contributed by atoms with Crippen LogP contribution in [0.2, 0.25) is 0 Å². The van der Waals surface area contributed by atoms with Crippen molar-refractivity contribution in [1.29, 1.82) is 0 Å². The first-order chi connectivity index (χ1) is 10.3. The van der Waals surface area contributed by atoms with Crippen molar-refractivity contribution in [1.82, 2.24) is 9.97 Å². The van der Waals surface area contributed by atoms with Crippen molar-refractivity contribution in [3.05, 3.63) is 5.82 Å². The lowest BCUT2D eigenvalue weighted by Gasteiger charge is -2.22. The molecule has 1 aromatic rings. The number of anilines is 2. The molecule has 1 aliphatic rings. The Hall–Kier alpha value is -1.52. The van der Waals surface area contributed by atoms with Gasteiger partial charge in [0.1, 0.15) is 11.5 Å². The van der Waals surface area contributed by atoms with Crippen LogP contribution >= 0.6 is 0 Å². The average molecular weight is 306 g/mol. The molecule has 1 aromatic heterocycles. The second kappa shape index (κ2) is 6.71. The number of nitrogens with zero attached hydrogens (tertiary/aromatic N) is 2. The summed E-state index contributed by atoms with van der Waals surface area (Å²) < 4.78 is 5.82. The molecule has 0 radical (unpaired) electrons. The molecule has 0 aromatic carbocycles. The molecule has 1 saturated carbocycles. The monoisotopic (exact) mass is 306 g/mol. The largest absolute Gasteiger partial charge is 0.476 e. The van der Waals surface area contributed by atoms with E-state index in [2.05, 4.69) is 49.9 Å². The molecule has 0 atom stereocenters. The van der Waals surface area contributed by atoms with E-state index in [1.807, 2.05) is 0 Å². The van der Waals surface area contributed by atoms with E-state index in [-0.39, 0.29) is 5.41 Å². The molecular weight excluding hydrogens is 276 g/mol. The van der Waals surface area contributed by atoms with Crippen LogP contribution in [0.3, 0.4) is 0 Å². The van der Waals surface area contributed by atoms with Gasteiger partial charge in [0.05, 0.1) is 6.61 Å². The number of hydrogen-bond acceptors (Lipinski definition) is 5. The molecule has 1 heterocycles. The highest BCUT2D eigenvalue weighted by Gasteiger charge is 2.24. The van der Waals surface area contributed by atoms with E-state index in [1.165, 1.54) is 25.7 Å². The second-order valence-electron chi connectivity index (χ2n) is 7.70. The molecule has 0 bridgehead atoms. The Morgan fingerprint density at radius 1 is 1.23 bits per heavy atom. The Bertz CT molecular complexity index is 502. The van der Waals surface area contributed by atoms with Gasteiger partial charge in [-0.3, -0.25) is 0 Å². The van der Waals surface area contributed by atoms with Crippen molar-refractivity contribution in [2.45, 2.75) is 71.8 Å². The molecule has 2 rings (SSSR count). The molecule has 3 N–H and O–H groups in total. The third-order valence-corrected chi connectivity index (χ3v) is 3.83. The first-order valence-corrected chi connectivity index (χ1v) is 8.34. The minimum absolute atomic E-state index is 0.143. The van der Waals surface area contributed by atoms with Crippen LogP contribution in [0, 0.1) is 5.92 Å².